The summed E-state index contributed by atoms with van der Waals surface area (Å²) in [6.45, 7) is 2.55. The SMILES string of the molecule is COCCNCCNC(=O)CCC(=O)c1cc(Cl)sc1Cl.Cl. The van der Waals surface area contributed by atoms with Crippen LogP contribution in [0.15, 0.2) is 6.07 Å². The Bertz CT molecular complexity index is 483. The fourth-order valence-corrected chi connectivity index (χ4v) is 3.07. The third-order valence-electron chi connectivity index (χ3n) is 2.64. The summed E-state index contributed by atoms with van der Waals surface area (Å²) in [5.74, 6) is -0.328. The predicted molar refractivity (Wildman–Crippen MR) is 92.9 cm³/mol. The number of halogens is 3. The molecule has 0 spiro atoms. The van der Waals surface area contributed by atoms with Gasteiger partial charge in [-0.25, -0.2) is 0 Å². The van der Waals surface area contributed by atoms with Crippen LogP contribution in [0.3, 0.4) is 0 Å². The lowest BCUT2D eigenvalue weighted by Gasteiger charge is -2.06. The Morgan fingerprint density at radius 1 is 1.23 bits per heavy atom. The van der Waals surface area contributed by atoms with E-state index < -0.39 is 0 Å². The minimum Gasteiger partial charge on any atom is -0.383 e. The number of Topliss-reactive ketones (excluding diaryl/α,β-unsaturated/α-hetero) is 1. The Hall–Kier alpha value is -0.370. The molecule has 0 radical (unpaired) electrons. The Morgan fingerprint density at radius 3 is 2.55 bits per heavy atom. The van der Waals surface area contributed by atoms with Crippen molar-refractivity contribution in [3.05, 3.63) is 20.3 Å². The van der Waals surface area contributed by atoms with Gasteiger partial charge in [0.15, 0.2) is 5.78 Å². The molecule has 0 bridgehead atoms. The molecular formula is C13H19Cl3N2O3S. The molecule has 0 unspecified atom stereocenters. The maximum atomic E-state index is 11.9. The van der Waals surface area contributed by atoms with Gasteiger partial charge in [-0.1, -0.05) is 23.2 Å². The van der Waals surface area contributed by atoms with Gasteiger partial charge < -0.3 is 15.4 Å². The zero-order valence-corrected chi connectivity index (χ0v) is 15.3. The number of carbonyl (C=O) groups excluding carboxylic acids is 2. The third-order valence-corrected chi connectivity index (χ3v) is 4.13. The van der Waals surface area contributed by atoms with Gasteiger partial charge in [0.25, 0.3) is 0 Å². The maximum absolute atomic E-state index is 11.9. The smallest absolute Gasteiger partial charge is 0.220 e. The largest absolute Gasteiger partial charge is 0.383 e. The second kappa shape index (κ2) is 12.1. The van der Waals surface area contributed by atoms with Crippen molar-refractivity contribution in [2.75, 3.05) is 33.4 Å². The van der Waals surface area contributed by atoms with Gasteiger partial charge in [-0.05, 0) is 6.07 Å². The first-order valence-corrected chi connectivity index (χ1v) is 8.06. The van der Waals surface area contributed by atoms with E-state index in [0.29, 0.717) is 33.9 Å². The van der Waals surface area contributed by atoms with Gasteiger partial charge in [0, 0.05) is 45.1 Å². The van der Waals surface area contributed by atoms with Gasteiger partial charge in [0.2, 0.25) is 5.91 Å². The second-order valence-corrected chi connectivity index (χ2v) is 6.54. The van der Waals surface area contributed by atoms with Crippen LogP contribution in [-0.2, 0) is 9.53 Å². The molecular weight excluding hydrogens is 371 g/mol. The van der Waals surface area contributed by atoms with Crippen molar-refractivity contribution in [3.63, 3.8) is 0 Å². The van der Waals surface area contributed by atoms with Crippen LogP contribution >= 0.6 is 46.9 Å². The Labute approximate surface area is 150 Å². The van der Waals surface area contributed by atoms with Gasteiger partial charge in [0.05, 0.1) is 10.9 Å². The van der Waals surface area contributed by atoms with Gasteiger partial charge in [-0.2, -0.15) is 0 Å². The number of ether oxygens (including phenoxy) is 1. The minimum atomic E-state index is -0.170. The lowest BCUT2D eigenvalue weighted by Crippen LogP contribution is -2.33. The first-order valence-electron chi connectivity index (χ1n) is 6.49. The third kappa shape index (κ3) is 8.31. The molecule has 1 aromatic rings. The van der Waals surface area contributed by atoms with Gasteiger partial charge in [-0.15, -0.1) is 23.7 Å². The van der Waals surface area contributed by atoms with Crippen LogP contribution in [0, 0.1) is 0 Å². The fourth-order valence-electron chi connectivity index (χ4n) is 1.57. The number of rotatable bonds is 10. The molecule has 0 aliphatic heterocycles. The van der Waals surface area contributed by atoms with Crippen molar-refractivity contribution >= 4 is 58.6 Å². The number of hydrogen-bond acceptors (Lipinski definition) is 5. The molecule has 0 atom stereocenters. The van der Waals surface area contributed by atoms with Crippen molar-refractivity contribution < 1.29 is 14.3 Å². The van der Waals surface area contributed by atoms with E-state index in [1.54, 1.807) is 7.11 Å². The highest BCUT2D eigenvalue weighted by Crippen LogP contribution is 2.31. The molecule has 126 valence electrons. The highest BCUT2D eigenvalue weighted by molar-refractivity contribution is 7.20. The van der Waals surface area contributed by atoms with Crippen LogP contribution in [0.2, 0.25) is 8.67 Å². The van der Waals surface area contributed by atoms with Crippen molar-refractivity contribution in [1.82, 2.24) is 10.6 Å². The summed E-state index contributed by atoms with van der Waals surface area (Å²) in [7, 11) is 1.63. The molecule has 0 aliphatic carbocycles. The monoisotopic (exact) mass is 388 g/mol. The Morgan fingerprint density at radius 2 is 1.95 bits per heavy atom. The summed E-state index contributed by atoms with van der Waals surface area (Å²) in [5, 5.41) is 5.84. The Kier molecular flexibility index (Phi) is 11.9. The normalized spacial score (nSPS) is 10.1. The van der Waals surface area contributed by atoms with E-state index in [0.717, 1.165) is 17.9 Å². The highest BCUT2D eigenvalue weighted by Gasteiger charge is 2.15. The van der Waals surface area contributed by atoms with E-state index in [2.05, 4.69) is 10.6 Å². The molecule has 0 aromatic carbocycles. The van der Waals surface area contributed by atoms with Crippen LogP contribution in [0.25, 0.3) is 0 Å². The molecule has 22 heavy (non-hydrogen) atoms. The molecule has 9 heteroatoms. The van der Waals surface area contributed by atoms with Crippen molar-refractivity contribution in [2.24, 2.45) is 0 Å². The van der Waals surface area contributed by atoms with Crippen molar-refractivity contribution in [2.45, 2.75) is 12.8 Å². The van der Waals surface area contributed by atoms with E-state index in [4.69, 9.17) is 27.9 Å². The quantitative estimate of drug-likeness (QED) is 0.477. The molecule has 0 saturated heterocycles. The van der Waals surface area contributed by atoms with Crippen LogP contribution in [0.5, 0.6) is 0 Å². The summed E-state index contributed by atoms with van der Waals surface area (Å²) < 4.78 is 5.72. The zero-order chi connectivity index (χ0) is 15.7. The average Bonchev–Trinajstić information content (AvgIpc) is 2.79. The zero-order valence-electron chi connectivity index (χ0n) is 12.1. The number of hydrogen-bond donors (Lipinski definition) is 2. The van der Waals surface area contributed by atoms with Crippen LogP contribution in [0.1, 0.15) is 23.2 Å². The average molecular weight is 390 g/mol. The fraction of sp³-hybridized carbons (Fsp3) is 0.538. The van der Waals surface area contributed by atoms with E-state index in [1.807, 2.05) is 0 Å². The maximum Gasteiger partial charge on any atom is 0.220 e. The van der Waals surface area contributed by atoms with E-state index in [1.165, 1.54) is 6.07 Å². The molecule has 5 nitrogen and oxygen atoms in total. The summed E-state index contributed by atoms with van der Waals surface area (Å²) in [6, 6.07) is 1.54. The van der Waals surface area contributed by atoms with E-state index in [-0.39, 0.29) is 36.9 Å². The molecule has 0 fully saturated rings. The molecule has 1 aromatic heterocycles. The molecule has 0 saturated carbocycles. The highest BCUT2D eigenvalue weighted by atomic mass is 35.5. The summed E-state index contributed by atoms with van der Waals surface area (Å²) in [6.07, 6.45) is 0.260. The number of thiophene rings is 1. The first kappa shape index (κ1) is 21.6. The molecule has 1 amide bonds. The number of carbonyl (C=O) groups is 2. The predicted octanol–water partition coefficient (Wildman–Crippen LogP) is 2.79. The van der Waals surface area contributed by atoms with Crippen LogP contribution in [0.4, 0.5) is 0 Å². The second-order valence-electron chi connectivity index (χ2n) is 4.25. The number of nitrogens with one attached hydrogen (secondary N) is 2. The number of amides is 1. The lowest BCUT2D eigenvalue weighted by atomic mass is 10.1. The Balaban J connectivity index is 0.00000441. The molecule has 0 aliphatic rings. The van der Waals surface area contributed by atoms with Gasteiger partial charge in [0.1, 0.15) is 4.34 Å². The van der Waals surface area contributed by atoms with E-state index >= 15 is 0 Å². The van der Waals surface area contributed by atoms with Crippen molar-refractivity contribution in [3.8, 4) is 0 Å². The van der Waals surface area contributed by atoms with Crippen LogP contribution in [-0.4, -0.2) is 45.0 Å². The summed E-state index contributed by atoms with van der Waals surface area (Å²) >= 11 is 12.8. The van der Waals surface area contributed by atoms with Crippen LogP contribution < -0.4 is 10.6 Å². The molecule has 1 heterocycles. The topological polar surface area (TPSA) is 67.4 Å². The van der Waals surface area contributed by atoms with Gasteiger partial charge in [-0.3, -0.25) is 9.59 Å². The number of ketones is 1. The molecule has 1 rings (SSSR count). The lowest BCUT2D eigenvalue weighted by molar-refractivity contribution is -0.121. The summed E-state index contributed by atoms with van der Waals surface area (Å²) in [5.41, 5.74) is 0.390. The van der Waals surface area contributed by atoms with Crippen molar-refractivity contribution in [1.29, 1.82) is 0 Å². The van der Waals surface area contributed by atoms with E-state index in [9.17, 15) is 9.59 Å². The molecule has 2 N–H and O–H groups in total. The van der Waals surface area contributed by atoms with Gasteiger partial charge >= 0.3 is 0 Å². The standard InChI is InChI=1S/C13H18Cl2N2O3S.ClH/c1-20-7-6-16-4-5-17-12(19)3-2-10(18)9-8-11(14)21-13(9)15;/h8,16H,2-7H2,1H3,(H,17,19);1H. The minimum absolute atomic E-state index is 0. The first-order chi connectivity index (χ1) is 10.0. The number of methoxy groups -OCH3 is 1. The summed E-state index contributed by atoms with van der Waals surface area (Å²) in [4.78, 5) is 23.5.